The lowest BCUT2D eigenvalue weighted by molar-refractivity contribution is -0.200. The molecule has 1 atom stereocenters. The molecule has 2 aromatic carbocycles. The Bertz CT molecular complexity index is 1490. The van der Waals surface area contributed by atoms with Gasteiger partial charge >= 0.3 is 18.0 Å². The number of aryl methyl sites for hydroxylation is 2. The molecule has 0 saturated heterocycles. The number of nitrogens with two attached hydrogens (primary N) is 1. The number of hydrogen-bond acceptors (Lipinski definition) is 6. The van der Waals surface area contributed by atoms with Crippen molar-refractivity contribution >= 4 is 23.3 Å². The summed E-state index contributed by atoms with van der Waals surface area (Å²) < 4.78 is 94.5. The monoisotopic (exact) mass is 614 g/mol. The molecule has 0 aliphatic rings. The third kappa shape index (κ3) is 7.20. The number of fused-ring (bicyclic) bond motifs is 1. The van der Waals surface area contributed by atoms with Gasteiger partial charge in [-0.05, 0) is 42.9 Å². The first kappa shape index (κ1) is 33.6. The van der Waals surface area contributed by atoms with Gasteiger partial charge in [-0.1, -0.05) is 57.0 Å². The first-order valence-electron chi connectivity index (χ1n) is 13.7. The summed E-state index contributed by atoms with van der Waals surface area (Å²) in [5.74, 6) is -1.37. The first-order chi connectivity index (χ1) is 20.2. The molecule has 0 aliphatic heterocycles. The van der Waals surface area contributed by atoms with Gasteiger partial charge in [0.2, 0.25) is 11.9 Å². The topological polar surface area (TPSA) is 103 Å². The van der Waals surface area contributed by atoms with Gasteiger partial charge in [-0.25, -0.2) is 4.79 Å². The van der Waals surface area contributed by atoms with Crippen molar-refractivity contribution in [1.82, 2.24) is 4.90 Å². The minimum absolute atomic E-state index is 0.0121. The zero-order chi connectivity index (χ0) is 32.0. The molecule has 0 fully saturated rings. The highest BCUT2D eigenvalue weighted by atomic mass is 19.4. The number of rotatable bonds is 13. The fraction of sp³-hybridized carbons (Fsp3) is 0.433. The number of carbonyl (C=O) groups is 2. The van der Waals surface area contributed by atoms with Gasteiger partial charge in [0.1, 0.15) is 11.3 Å². The van der Waals surface area contributed by atoms with E-state index >= 15 is 0 Å². The van der Waals surface area contributed by atoms with E-state index in [1.165, 1.54) is 24.3 Å². The van der Waals surface area contributed by atoms with E-state index in [9.17, 15) is 40.7 Å². The minimum atomic E-state index is -5.20. The fourth-order valence-corrected chi connectivity index (χ4v) is 4.85. The third-order valence-electron chi connectivity index (χ3n) is 6.92. The van der Waals surface area contributed by atoms with Gasteiger partial charge < -0.3 is 14.9 Å². The quantitative estimate of drug-likeness (QED) is 0.105. The minimum Gasteiger partial charge on any atom is -0.493 e. The molecule has 3 aromatic rings. The van der Waals surface area contributed by atoms with Crippen molar-refractivity contribution in [3.63, 3.8) is 0 Å². The fourth-order valence-electron chi connectivity index (χ4n) is 4.85. The van der Waals surface area contributed by atoms with E-state index in [1.807, 2.05) is 6.92 Å². The number of hydrogen-bond donors (Lipinski definition) is 1. The molecular formula is C30H32F6N2O5. The summed E-state index contributed by atoms with van der Waals surface area (Å²) in [5, 5.41) is -0.250. The van der Waals surface area contributed by atoms with E-state index in [-0.39, 0.29) is 49.0 Å². The molecule has 3 rings (SSSR count). The van der Waals surface area contributed by atoms with E-state index in [1.54, 1.807) is 6.92 Å². The second-order valence-electron chi connectivity index (χ2n) is 10.0. The van der Waals surface area contributed by atoms with Crippen LogP contribution in [-0.4, -0.2) is 36.5 Å². The Morgan fingerprint density at radius 3 is 2.21 bits per heavy atom. The Hall–Kier alpha value is -3.87. The molecule has 7 nitrogen and oxygen atoms in total. The average Bonchev–Trinajstić information content (AvgIpc) is 2.94. The van der Waals surface area contributed by atoms with Gasteiger partial charge in [0, 0.05) is 23.6 Å². The molecule has 1 aromatic heterocycles. The van der Waals surface area contributed by atoms with Crippen LogP contribution in [0, 0.1) is 0 Å². The lowest BCUT2D eigenvalue weighted by Crippen LogP contribution is -2.61. The molecule has 2 amide bonds. The van der Waals surface area contributed by atoms with Crippen molar-refractivity contribution in [2.45, 2.75) is 70.3 Å². The van der Waals surface area contributed by atoms with Crippen LogP contribution < -0.4 is 16.1 Å². The Morgan fingerprint density at radius 2 is 1.65 bits per heavy atom. The molecule has 0 aliphatic carbocycles. The zero-order valence-electron chi connectivity index (χ0n) is 23.6. The van der Waals surface area contributed by atoms with Crippen molar-refractivity contribution in [2.75, 3.05) is 13.2 Å². The smallest absolute Gasteiger partial charge is 0.419 e. The van der Waals surface area contributed by atoms with Crippen LogP contribution in [0.2, 0.25) is 0 Å². The van der Waals surface area contributed by atoms with Crippen molar-refractivity contribution < 1.29 is 45.1 Å². The van der Waals surface area contributed by atoms with E-state index in [2.05, 4.69) is 0 Å². The van der Waals surface area contributed by atoms with Crippen LogP contribution in [0.4, 0.5) is 26.3 Å². The molecule has 0 bridgehead atoms. The summed E-state index contributed by atoms with van der Waals surface area (Å²) >= 11 is 0. The summed E-state index contributed by atoms with van der Waals surface area (Å²) in [6, 6.07) is 7.85. The molecule has 0 radical (unpaired) electrons. The number of amides is 2. The van der Waals surface area contributed by atoms with E-state index in [0.717, 1.165) is 12.1 Å². The van der Waals surface area contributed by atoms with Crippen molar-refractivity contribution in [3.05, 3.63) is 75.1 Å². The molecule has 1 unspecified atom stereocenters. The van der Waals surface area contributed by atoms with Crippen LogP contribution in [0.15, 0.2) is 51.7 Å². The maximum absolute atomic E-state index is 14.0. The van der Waals surface area contributed by atoms with Gasteiger partial charge in [0.25, 0.3) is 5.91 Å². The third-order valence-corrected chi connectivity index (χ3v) is 6.92. The van der Waals surface area contributed by atoms with Crippen LogP contribution >= 0.6 is 0 Å². The number of alkyl halides is 6. The number of unbranched alkanes of at least 4 members (excludes halogenated alkanes) is 1. The highest BCUT2D eigenvalue weighted by Gasteiger charge is 2.60. The first-order valence-corrected chi connectivity index (χ1v) is 13.7. The number of carbonyl (C=O) groups excluding carboxylic acids is 2. The zero-order valence-corrected chi connectivity index (χ0v) is 23.6. The summed E-state index contributed by atoms with van der Waals surface area (Å²) in [6.45, 7) is 3.20. The van der Waals surface area contributed by atoms with Crippen molar-refractivity contribution in [3.8, 4) is 5.75 Å². The summed E-state index contributed by atoms with van der Waals surface area (Å²) in [7, 11) is 0. The van der Waals surface area contributed by atoms with Gasteiger partial charge in [0.15, 0.2) is 0 Å². The Balaban J connectivity index is 1.83. The predicted octanol–water partition coefficient (Wildman–Crippen LogP) is 6.28. The maximum Gasteiger partial charge on any atom is 0.419 e. The molecule has 43 heavy (non-hydrogen) atoms. The van der Waals surface area contributed by atoms with Crippen LogP contribution in [-0.2, 0) is 34.1 Å². The molecule has 13 heteroatoms. The Morgan fingerprint density at radius 1 is 1.00 bits per heavy atom. The van der Waals surface area contributed by atoms with E-state index in [4.69, 9.17) is 14.9 Å². The average molecular weight is 615 g/mol. The van der Waals surface area contributed by atoms with Crippen LogP contribution in [0.25, 0.3) is 11.0 Å². The lowest BCUT2D eigenvalue weighted by Gasteiger charge is -2.33. The molecule has 0 saturated carbocycles. The van der Waals surface area contributed by atoms with Crippen molar-refractivity contribution in [1.29, 1.82) is 0 Å². The van der Waals surface area contributed by atoms with Crippen LogP contribution in [0.3, 0.4) is 0 Å². The number of nitrogens with zero attached hydrogens (tertiary/aromatic N) is 1. The summed E-state index contributed by atoms with van der Waals surface area (Å²) in [5.41, 5.74) is -0.0680. The summed E-state index contributed by atoms with van der Waals surface area (Å²) in [4.78, 5) is 37.0. The number of ether oxygens (including phenoxy) is 1. The SMILES string of the molecule is CCCc1cc2c(C(F)(F)F)cc(=O)oc2c(CCC)c1OCCCCN(C=O)C(=O)C(N)(c1ccccc1)C(F)(F)F. The van der Waals surface area contributed by atoms with Gasteiger partial charge in [-0.2, -0.15) is 26.3 Å². The van der Waals surface area contributed by atoms with Crippen molar-refractivity contribution in [2.24, 2.45) is 5.73 Å². The van der Waals surface area contributed by atoms with E-state index < -0.39 is 47.1 Å². The number of halogens is 6. The second-order valence-corrected chi connectivity index (χ2v) is 10.0. The Kier molecular flexibility index (Phi) is 10.7. The molecular weight excluding hydrogens is 582 g/mol. The van der Waals surface area contributed by atoms with Crippen LogP contribution in [0.1, 0.15) is 61.8 Å². The molecule has 0 spiro atoms. The standard InChI is InChI=1S/C30H32F6N2O5/c1-3-10-19-16-22-23(29(31,32)33)17-24(40)43-26(22)21(11-4-2)25(19)42-15-9-8-14-38(18-39)27(41)28(37,30(34,35)36)20-12-6-5-7-13-20/h5-7,12-13,16-18H,3-4,8-11,14-15,37H2,1-2H3. The normalized spacial score (nSPS) is 13.5. The maximum atomic E-state index is 14.0. The molecule has 234 valence electrons. The van der Waals surface area contributed by atoms with E-state index in [0.29, 0.717) is 41.4 Å². The van der Waals surface area contributed by atoms with Gasteiger partial charge in [-0.15, -0.1) is 0 Å². The highest BCUT2D eigenvalue weighted by Crippen LogP contribution is 2.41. The van der Waals surface area contributed by atoms with Gasteiger partial charge in [0.05, 0.1) is 12.2 Å². The Labute approximate surface area is 243 Å². The second kappa shape index (κ2) is 13.6. The highest BCUT2D eigenvalue weighted by molar-refractivity contribution is 5.95. The largest absolute Gasteiger partial charge is 0.493 e. The molecule has 1 heterocycles. The lowest BCUT2D eigenvalue weighted by atomic mass is 9.88. The van der Waals surface area contributed by atoms with Crippen LogP contribution in [0.5, 0.6) is 5.75 Å². The number of benzene rings is 2. The van der Waals surface area contributed by atoms with Gasteiger partial charge in [-0.3, -0.25) is 14.5 Å². The summed E-state index contributed by atoms with van der Waals surface area (Å²) in [6.07, 6.45) is -8.12. The molecule has 2 N–H and O–H groups in total. The predicted molar refractivity (Wildman–Crippen MR) is 146 cm³/mol. The number of imide groups is 1.